The Bertz CT molecular complexity index is 570. The van der Waals surface area contributed by atoms with Crippen molar-refractivity contribution in [3.63, 3.8) is 0 Å². The molecule has 5 aliphatic rings. The standard InChI is InChI=1S/C24H36O4/c25-22(24-15-18-12-19(16-24)14-20(13-18)17-24)28-23(26)27-21-10-8-6-4-2-1-3-5-7-9-11-21/h10,18-20H,1-9,11-17H2. The quantitative estimate of drug-likeness (QED) is 0.391. The molecule has 0 heterocycles. The molecule has 0 radical (unpaired) electrons. The lowest BCUT2D eigenvalue weighted by Gasteiger charge is -2.54. The van der Waals surface area contributed by atoms with Crippen molar-refractivity contribution in [2.45, 2.75) is 103 Å². The highest BCUT2D eigenvalue weighted by molar-refractivity contribution is 5.86. The van der Waals surface area contributed by atoms with Crippen LogP contribution in [0.25, 0.3) is 0 Å². The van der Waals surface area contributed by atoms with Gasteiger partial charge in [-0.25, -0.2) is 4.79 Å². The van der Waals surface area contributed by atoms with Gasteiger partial charge in [-0.1, -0.05) is 38.5 Å². The van der Waals surface area contributed by atoms with Gasteiger partial charge in [0.2, 0.25) is 0 Å². The number of carbonyl (C=O) groups is 2. The molecule has 4 nitrogen and oxygen atoms in total. The summed E-state index contributed by atoms with van der Waals surface area (Å²) in [5.74, 6) is 2.35. The number of hydrogen-bond acceptors (Lipinski definition) is 4. The van der Waals surface area contributed by atoms with E-state index in [4.69, 9.17) is 9.47 Å². The number of hydrogen-bond donors (Lipinski definition) is 0. The molecule has 4 saturated carbocycles. The Morgan fingerprint density at radius 1 is 0.786 bits per heavy atom. The van der Waals surface area contributed by atoms with Gasteiger partial charge in [0.1, 0.15) is 5.76 Å². The molecule has 0 saturated heterocycles. The predicted octanol–water partition coefficient (Wildman–Crippen LogP) is 6.68. The van der Waals surface area contributed by atoms with Crippen molar-refractivity contribution in [3.05, 3.63) is 11.8 Å². The van der Waals surface area contributed by atoms with E-state index in [9.17, 15) is 9.59 Å². The average molecular weight is 389 g/mol. The topological polar surface area (TPSA) is 52.6 Å². The lowest BCUT2D eigenvalue weighted by atomic mass is 9.49. The molecule has 4 heteroatoms. The van der Waals surface area contributed by atoms with E-state index in [-0.39, 0.29) is 5.97 Å². The Hall–Kier alpha value is -1.32. The Morgan fingerprint density at radius 2 is 1.32 bits per heavy atom. The number of rotatable bonds is 2. The van der Waals surface area contributed by atoms with E-state index in [2.05, 4.69) is 0 Å². The van der Waals surface area contributed by atoms with Crippen LogP contribution in [0.15, 0.2) is 11.8 Å². The molecule has 28 heavy (non-hydrogen) atoms. The molecule has 0 N–H and O–H groups in total. The average Bonchev–Trinajstić information content (AvgIpc) is 2.63. The van der Waals surface area contributed by atoms with Crippen LogP contribution in [0.4, 0.5) is 4.79 Å². The number of esters is 1. The summed E-state index contributed by atoms with van der Waals surface area (Å²) in [5, 5.41) is 0. The summed E-state index contributed by atoms with van der Waals surface area (Å²) in [6, 6.07) is 0. The van der Waals surface area contributed by atoms with Crippen LogP contribution >= 0.6 is 0 Å². The fourth-order valence-electron chi connectivity index (χ4n) is 6.63. The van der Waals surface area contributed by atoms with Gasteiger partial charge in [0.05, 0.1) is 5.41 Å². The van der Waals surface area contributed by atoms with Crippen molar-refractivity contribution >= 4 is 12.1 Å². The van der Waals surface area contributed by atoms with Crippen LogP contribution in [0.2, 0.25) is 0 Å². The minimum atomic E-state index is -0.806. The number of carbonyl (C=O) groups excluding carboxylic acids is 2. The molecule has 4 fully saturated rings. The number of allylic oxidation sites excluding steroid dienone is 2. The molecular formula is C24H36O4. The highest BCUT2D eigenvalue weighted by Gasteiger charge is 2.56. The zero-order valence-electron chi connectivity index (χ0n) is 17.3. The third kappa shape index (κ3) is 4.80. The van der Waals surface area contributed by atoms with E-state index in [1.165, 1.54) is 57.8 Å². The number of ether oxygens (including phenoxy) is 2. The first kappa shape index (κ1) is 20.0. The van der Waals surface area contributed by atoms with Crippen molar-refractivity contribution in [3.8, 4) is 0 Å². The Labute approximate surface area is 169 Å². The van der Waals surface area contributed by atoms with Crippen LogP contribution < -0.4 is 0 Å². The summed E-state index contributed by atoms with van der Waals surface area (Å²) in [7, 11) is 0. The molecule has 0 amide bonds. The van der Waals surface area contributed by atoms with Crippen LogP contribution in [0.5, 0.6) is 0 Å². The first-order chi connectivity index (χ1) is 13.6. The second-order valence-electron chi connectivity index (χ2n) is 9.98. The van der Waals surface area contributed by atoms with Crippen LogP contribution in [0, 0.1) is 23.2 Å². The van der Waals surface area contributed by atoms with E-state index in [1.807, 2.05) is 6.08 Å². The Kier molecular flexibility index (Phi) is 6.42. The maximum absolute atomic E-state index is 12.9. The van der Waals surface area contributed by atoms with Gasteiger partial charge in [-0.15, -0.1) is 0 Å². The van der Waals surface area contributed by atoms with Crippen molar-refractivity contribution < 1.29 is 19.1 Å². The van der Waals surface area contributed by atoms with Crippen molar-refractivity contribution in [2.24, 2.45) is 23.2 Å². The first-order valence-corrected chi connectivity index (χ1v) is 11.8. The minimum Gasteiger partial charge on any atom is -0.400 e. The molecule has 0 aromatic heterocycles. The molecular weight excluding hydrogens is 352 g/mol. The van der Waals surface area contributed by atoms with Gasteiger partial charge in [0.25, 0.3) is 0 Å². The van der Waals surface area contributed by atoms with E-state index in [0.717, 1.165) is 44.9 Å². The molecule has 0 aromatic rings. The van der Waals surface area contributed by atoms with Crippen LogP contribution in [-0.4, -0.2) is 12.1 Å². The first-order valence-electron chi connectivity index (χ1n) is 11.8. The monoisotopic (exact) mass is 388 g/mol. The van der Waals surface area contributed by atoms with E-state index >= 15 is 0 Å². The summed E-state index contributed by atoms with van der Waals surface area (Å²) < 4.78 is 10.8. The second kappa shape index (κ2) is 9.00. The fraction of sp³-hybridized carbons (Fsp3) is 0.833. The van der Waals surface area contributed by atoms with E-state index in [1.54, 1.807) is 0 Å². The van der Waals surface area contributed by atoms with Gasteiger partial charge in [-0.05, 0) is 81.6 Å². The largest absolute Gasteiger partial charge is 0.521 e. The van der Waals surface area contributed by atoms with Gasteiger partial charge in [0.15, 0.2) is 0 Å². The third-order valence-corrected chi connectivity index (χ3v) is 7.61. The van der Waals surface area contributed by atoms with Gasteiger partial charge < -0.3 is 9.47 Å². The van der Waals surface area contributed by atoms with Gasteiger partial charge in [0, 0.05) is 6.42 Å². The Morgan fingerprint density at radius 3 is 1.93 bits per heavy atom. The van der Waals surface area contributed by atoms with E-state index < -0.39 is 11.6 Å². The molecule has 0 unspecified atom stereocenters. The lowest BCUT2D eigenvalue weighted by Crippen LogP contribution is -2.50. The summed E-state index contributed by atoms with van der Waals surface area (Å²) in [4.78, 5) is 25.3. The molecule has 156 valence electrons. The molecule has 4 bridgehead atoms. The molecule has 0 aliphatic heterocycles. The zero-order chi connectivity index (χ0) is 19.4. The lowest BCUT2D eigenvalue weighted by molar-refractivity contribution is -0.166. The summed E-state index contributed by atoms with van der Waals surface area (Å²) in [5.41, 5.74) is -0.408. The molecule has 0 aromatic carbocycles. The van der Waals surface area contributed by atoms with Crippen molar-refractivity contribution in [1.29, 1.82) is 0 Å². The summed E-state index contributed by atoms with van der Waals surface area (Å²) in [6.07, 6.45) is 19.2. The maximum Gasteiger partial charge on any atom is 0.521 e. The SMILES string of the molecule is O=C(OC(=O)C12CC3CC(CC(C3)C1)C2)OC1=CCCCCCCCCCC1. The van der Waals surface area contributed by atoms with Crippen LogP contribution in [0.1, 0.15) is 103 Å². The Balaban J connectivity index is 1.31. The second-order valence-corrected chi connectivity index (χ2v) is 9.98. The summed E-state index contributed by atoms with van der Waals surface area (Å²) in [6.45, 7) is 0. The third-order valence-electron chi connectivity index (χ3n) is 7.61. The summed E-state index contributed by atoms with van der Waals surface area (Å²) >= 11 is 0. The molecule has 5 aliphatic carbocycles. The van der Waals surface area contributed by atoms with E-state index in [0.29, 0.717) is 23.5 Å². The maximum atomic E-state index is 12.9. The van der Waals surface area contributed by atoms with Crippen molar-refractivity contribution in [1.82, 2.24) is 0 Å². The smallest absolute Gasteiger partial charge is 0.400 e. The zero-order valence-corrected chi connectivity index (χ0v) is 17.3. The van der Waals surface area contributed by atoms with Crippen LogP contribution in [-0.2, 0) is 14.3 Å². The predicted molar refractivity (Wildman–Crippen MR) is 107 cm³/mol. The van der Waals surface area contributed by atoms with Crippen LogP contribution in [0.3, 0.4) is 0 Å². The van der Waals surface area contributed by atoms with Crippen molar-refractivity contribution in [2.75, 3.05) is 0 Å². The molecule has 0 spiro atoms. The normalized spacial score (nSPS) is 36.0. The molecule has 5 rings (SSSR count). The van der Waals surface area contributed by atoms with Gasteiger partial charge in [-0.2, -0.15) is 0 Å². The highest BCUT2D eigenvalue weighted by atomic mass is 16.7. The highest BCUT2D eigenvalue weighted by Crippen LogP contribution is 2.60. The molecule has 0 atom stereocenters. The fourth-order valence-corrected chi connectivity index (χ4v) is 6.63. The van der Waals surface area contributed by atoms with Gasteiger partial charge >= 0.3 is 12.1 Å². The van der Waals surface area contributed by atoms with Gasteiger partial charge in [-0.3, -0.25) is 4.79 Å². The minimum absolute atomic E-state index is 0.314.